The molecule has 242 valence electrons. The number of likely N-dealkylation sites (tertiary alicyclic amines) is 1. The van der Waals surface area contributed by atoms with E-state index in [-0.39, 0.29) is 30.2 Å². The first-order chi connectivity index (χ1) is 21.5. The molecule has 1 aromatic heterocycles. The highest BCUT2D eigenvalue weighted by Gasteiger charge is 2.32. The third kappa shape index (κ3) is 8.39. The first-order valence-electron chi connectivity index (χ1n) is 15.0. The number of hydrogen-bond donors (Lipinski definition) is 3. The number of carbonyl (C=O) groups is 1. The maximum atomic E-state index is 14.7. The molecule has 5 rings (SSSR count). The van der Waals surface area contributed by atoms with Gasteiger partial charge in [-0.25, -0.2) is 4.39 Å². The summed E-state index contributed by atoms with van der Waals surface area (Å²) in [6.45, 7) is 3.76. The van der Waals surface area contributed by atoms with E-state index in [2.05, 4.69) is 27.8 Å². The van der Waals surface area contributed by atoms with Crippen LogP contribution in [0.15, 0.2) is 36.4 Å². The van der Waals surface area contributed by atoms with Crippen molar-refractivity contribution >= 4 is 38.7 Å². The Labute approximate surface area is 264 Å². The molecule has 7 nitrogen and oxygen atoms in total. The van der Waals surface area contributed by atoms with Crippen LogP contribution in [0.5, 0.6) is 5.75 Å². The Bertz CT molecular complexity index is 1570. The van der Waals surface area contributed by atoms with Crippen LogP contribution in [-0.4, -0.2) is 81.7 Å². The van der Waals surface area contributed by atoms with Crippen molar-refractivity contribution in [1.82, 2.24) is 10.2 Å². The van der Waals surface area contributed by atoms with E-state index in [4.69, 9.17) is 9.47 Å². The molecule has 12 heteroatoms. The van der Waals surface area contributed by atoms with E-state index in [1.807, 2.05) is 18.9 Å². The van der Waals surface area contributed by atoms with E-state index in [0.29, 0.717) is 57.2 Å². The molecule has 3 aromatic rings. The molecule has 0 bridgehead atoms. The van der Waals surface area contributed by atoms with Crippen molar-refractivity contribution < 1.29 is 31.8 Å². The summed E-state index contributed by atoms with van der Waals surface area (Å²) in [6.07, 6.45) is -4.43. The lowest BCUT2D eigenvalue weighted by Gasteiger charge is -2.33. The predicted molar refractivity (Wildman–Crippen MR) is 170 cm³/mol. The molecule has 0 aliphatic carbocycles. The molecule has 4 atom stereocenters. The summed E-state index contributed by atoms with van der Waals surface area (Å²) in [4.78, 5) is 15.1. The number of anilines is 2. The fraction of sp³-hybridized carbons (Fsp3) is 0.485. The quantitative estimate of drug-likeness (QED) is 0.199. The first kappa shape index (κ1) is 32.9. The van der Waals surface area contributed by atoms with Crippen LogP contribution < -0.4 is 20.7 Å². The molecule has 2 fully saturated rings. The number of nitrogens with one attached hydrogen (secondary N) is 3. The number of methoxy groups -OCH3 is 1. The number of carbonyl (C=O) groups excluding carboxylic acids is 1. The van der Waals surface area contributed by atoms with E-state index in [1.54, 1.807) is 36.4 Å². The van der Waals surface area contributed by atoms with Gasteiger partial charge in [-0.3, -0.25) is 4.79 Å². The molecule has 2 saturated heterocycles. The van der Waals surface area contributed by atoms with Crippen molar-refractivity contribution in [3.05, 3.63) is 52.4 Å². The number of alkyl halides is 4. The van der Waals surface area contributed by atoms with Gasteiger partial charge in [0.15, 0.2) is 0 Å². The molecule has 0 saturated carbocycles. The SMILES string of the molecule is COc1cc(C(=O)NC2CCOC(C)C2)ccc1NCC#Cc1sc2c(N[C@H]3CCN(C)C[C@H]3F)cccc2c1CC(F)(F)F. The van der Waals surface area contributed by atoms with E-state index in [0.717, 1.165) is 19.4 Å². The molecule has 2 aliphatic heterocycles. The fourth-order valence-corrected chi connectivity index (χ4v) is 6.99. The highest BCUT2D eigenvalue weighted by molar-refractivity contribution is 7.20. The molecule has 2 aromatic carbocycles. The summed E-state index contributed by atoms with van der Waals surface area (Å²) >= 11 is 1.18. The minimum absolute atomic E-state index is 0.0400. The lowest BCUT2D eigenvalue weighted by molar-refractivity contribution is -0.126. The van der Waals surface area contributed by atoms with E-state index in [1.165, 1.54) is 18.4 Å². The predicted octanol–water partition coefficient (Wildman–Crippen LogP) is 6.23. The maximum absolute atomic E-state index is 14.7. The molecular weight excluding hydrogens is 608 g/mol. The highest BCUT2D eigenvalue weighted by atomic mass is 32.1. The topological polar surface area (TPSA) is 74.9 Å². The summed E-state index contributed by atoms with van der Waals surface area (Å²) in [6, 6.07) is 9.80. The molecule has 0 spiro atoms. The average Bonchev–Trinajstić information content (AvgIpc) is 3.33. The minimum atomic E-state index is -4.42. The summed E-state index contributed by atoms with van der Waals surface area (Å²) in [5.41, 5.74) is 1.78. The number of piperidine rings is 1. The standard InChI is InChI=1S/C33H38F4N4O3S/c1-20-16-22(12-15-44-20)39-32(42)21-9-10-27(29(17-21)43-3)38-13-5-8-30-24(18-33(35,36)37)23-6-4-7-28(31(23)45-30)40-26-11-14-41(2)19-25(26)34/h4,6-7,9-10,17,20,22,25-26,38,40H,11-16,18-19H2,1-3H3,(H,39,42)/t20?,22?,25-,26+/m1/s1. The Balaban J connectivity index is 1.31. The van der Waals surface area contributed by atoms with Crippen LogP contribution in [0.3, 0.4) is 0 Å². The Morgan fingerprint density at radius 3 is 2.76 bits per heavy atom. The van der Waals surface area contributed by atoms with Crippen molar-refractivity contribution in [2.45, 2.75) is 63.1 Å². The van der Waals surface area contributed by atoms with Gasteiger partial charge in [-0.1, -0.05) is 24.0 Å². The monoisotopic (exact) mass is 646 g/mol. The van der Waals surface area contributed by atoms with Gasteiger partial charge in [0.2, 0.25) is 0 Å². The van der Waals surface area contributed by atoms with Crippen molar-refractivity contribution in [2.75, 3.05) is 51.0 Å². The molecule has 45 heavy (non-hydrogen) atoms. The number of hydrogen-bond acceptors (Lipinski definition) is 7. The molecule has 1 amide bonds. The van der Waals surface area contributed by atoms with Gasteiger partial charge in [-0.2, -0.15) is 13.2 Å². The summed E-state index contributed by atoms with van der Waals surface area (Å²) < 4.78 is 67.4. The number of halogens is 4. The second-order valence-electron chi connectivity index (χ2n) is 11.6. The zero-order valence-electron chi connectivity index (χ0n) is 25.5. The van der Waals surface area contributed by atoms with Crippen LogP contribution in [0.25, 0.3) is 10.1 Å². The van der Waals surface area contributed by atoms with E-state index >= 15 is 0 Å². The molecule has 3 heterocycles. The van der Waals surface area contributed by atoms with Crippen molar-refractivity contribution in [3.8, 4) is 17.6 Å². The van der Waals surface area contributed by atoms with E-state index in [9.17, 15) is 22.4 Å². The van der Waals surface area contributed by atoms with Crippen molar-refractivity contribution in [3.63, 3.8) is 0 Å². The van der Waals surface area contributed by atoms with Crippen LogP contribution in [0.4, 0.5) is 28.9 Å². The number of amides is 1. The van der Waals surface area contributed by atoms with Gasteiger partial charge < -0.3 is 30.3 Å². The van der Waals surface area contributed by atoms with Crippen molar-refractivity contribution in [2.24, 2.45) is 0 Å². The number of ether oxygens (including phenoxy) is 2. The van der Waals surface area contributed by atoms with Crippen LogP contribution in [0.1, 0.15) is 47.0 Å². The minimum Gasteiger partial charge on any atom is -0.495 e. The third-order valence-electron chi connectivity index (χ3n) is 8.13. The van der Waals surface area contributed by atoms with Crippen LogP contribution in [0.2, 0.25) is 0 Å². The fourth-order valence-electron chi connectivity index (χ4n) is 5.82. The second-order valence-corrected chi connectivity index (χ2v) is 12.7. The second kappa shape index (κ2) is 14.3. The number of nitrogens with zero attached hydrogens (tertiary/aromatic N) is 1. The van der Waals surface area contributed by atoms with Gasteiger partial charge in [0.1, 0.15) is 11.9 Å². The maximum Gasteiger partial charge on any atom is 0.393 e. The highest BCUT2D eigenvalue weighted by Crippen LogP contribution is 2.39. The Kier molecular flexibility index (Phi) is 10.4. The number of rotatable bonds is 8. The average molecular weight is 647 g/mol. The normalized spacial score (nSPS) is 22.4. The summed E-state index contributed by atoms with van der Waals surface area (Å²) in [5, 5.41) is 9.91. The largest absolute Gasteiger partial charge is 0.495 e. The summed E-state index contributed by atoms with van der Waals surface area (Å²) in [7, 11) is 3.36. The van der Waals surface area contributed by atoms with Gasteiger partial charge >= 0.3 is 6.18 Å². The molecule has 2 unspecified atom stereocenters. The molecular formula is C33H38F4N4O3S. The first-order valence-corrected chi connectivity index (χ1v) is 15.9. The lowest BCUT2D eigenvalue weighted by atomic mass is 10.0. The Hall–Kier alpha value is -3.53. The third-order valence-corrected chi connectivity index (χ3v) is 9.33. The molecule has 2 aliphatic rings. The number of fused-ring (bicyclic) bond motifs is 1. The molecule has 0 radical (unpaired) electrons. The van der Waals surface area contributed by atoms with Crippen LogP contribution in [-0.2, 0) is 11.2 Å². The van der Waals surface area contributed by atoms with Gasteiger partial charge in [0, 0.05) is 31.3 Å². The van der Waals surface area contributed by atoms with Gasteiger partial charge in [0.05, 0.1) is 53.2 Å². The van der Waals surface area contributed by atoms with E-state index < -0.39 is 24.8 Å². The number of benzene rings is 2. The van der Waals surface area contributed by atoms with Gasteiger partial charge in [0.25, 0.3) is 5.91 Å². The van der Waals surface area contributed by atoms with Crippen LogP contribution >= 0.6 is 11.3 Å². The number of thiophene rings is 1. The molecule has 3 N–H and O–H groups in total. The Morgan fingerprint density at radius 2 is 2.02 bits per heavy atom. The summed E-state index contributed by atoms with van der Waals surface area (Å²) in [5.74, 6) is 6.13. The lowest BCUT2D eigenvalue weighted by Crippen LogP contribution is -2.46. The smallest absolute Gasteiger partial charge is 0.393 e. The van der Waals surface area contributed by atoms with Gasteiger partial charge in [-0.15, -0.1) is 11.3 Å². The van der Waals surface area contributed by atoms with Gasteiger partial charge in [-0.05, 0) is 68.4 Å². The Morgan fingerprint density at radius 1 is 1.20 bits per heavy atom. The van der Waals surface area contributed by atoms with Crippen LogP contribution in [0, 0.1) is 11.8 Å². The zero-order chi connectivity index (χ0) is 32.1. The van der Waals surface area contributed by atoms with Crippen molar-refractivity contribution in [1.29, 1.82) is 0 Å². The zero-order valence-corrected chi connectivity index (χ0v) is 26.3.